The second-order valence-electron chi connectivity index (χ2n) is 6.51. The summed E-state index contributed by atoms with van der Waals surface area (Å²) >= 11 is 1.45. The molecule has 0 spiro atoms. The Hall–Kier alpha value is -2.67. The van der Waals surface area contributed by atoms with Crippen LogP contribution in [0, 0.1) is 5.92 Å². The van der Waals surface area contributed by atoms with Gasteiger partial charge < -0.3 is 14.9 Å². The van der Waals surface area contributed by atoms with Gasteiger partial charge in [0.15, 0.2) is 6.61 Å². The van der Waals surface area contributed by atoms with Gasteiger partial charge in [-0.1, -0.05) is 42.4 Å². The van der Waals surface area contributed by atoms with Gasteiger partial charge in [-0.15, -0.1) is 11.3 Å². The second kappa shape index (κ2) is 8.81. The van der Waals surface area contributed by atoms with E-state index in [4.69, 9.17) is 9.57 Å². The first-order valence-electron chi connectivity index (χ1n) is 8.81. The number of hydrogen-bond donors (Lipinski definition) is 1. The molecule has 1 N–H and O–H groups in total. The quantitative estimate of drug-likeness (QED) is 0.467. The summed E-state index contributed by atoms with van der Waals surface area (Å²) in [6, 6.07) is 9.45. The van der Waals surface area contributed by atoms with Crippen molar-refractivity contribution in [2.45, 2.75) is 26.2 Å². The molecule has 3 rings (SSSR count). The second-order valence-corrected chi connectivity index (χ2v) is 7.62. The van der Waals surface area contributed by atoms with Crippen molar-refractivity contribution in [2.75, 3.05) is 19.0 Å². The smallest absolute Gasteiger partial charge is 0.341 e. The molecule has 1 aromatic carbocycles. The number of carbonyl (C=O) groups excluding carboxylic acids is 2. The summed E-state index contributed by atoms with van der Waals surface area (Å²) in [5.41, 5.74) is 2.36. The van der Waals surface area contributed by atoms with Crippen LogP contribution in [0.4, 0.5) is 5.00 Å². The highest BCUT2D eigenvalue weighted by atomic mass is 32.1. The maximum atomic E-state index is 12.2. The van der Waals surface area contributed by atoms with E-state index in [1.165, 1.54) is 18.4 Å². The van der Waals surface area contributed by atoms with Crippen molar-refractivity contribution in [3.8, 4) is 0 Å². The molecule has 27 heavy (non-hydrogen) atoms. The van der Waals surface area contributed by atoms with Gasteiger partial charge in [0.25, 0.3) is 5.91 Å². The summed E-state index contributed by atoms with van der Waals surface area (Å²) < 4.78 is 4.92. The molecule has 1 heterocycles. The van der Waals surface area contributed by atoms with Gasteiger partial charge in [0.1, 0.15) is 5.00 Å². The van der Waals surface area contributed by atoms with Crippen LogP contribution in [-0.2, 0) is 27.2 Å². The maximum Gasteiger partial charge on any atom is 0.341 e. The van der Waals surface area contributed by atoms with Crippen LogP contribution in [0.3, 0.4) is 0 Å². The zero-order valence-corrected chi connectivity index (χ0v) is 16.2. The number of esters is 1. The molecule has 7 heteroatoms. The van der Waals surface area contributed by atoms with Crippen molar-refractivity contribution in [1.29, 1.82) is 0 Å². The van der Waals surface area contributed by atoms with Crippen LogP contribution in [-0.4, -0.2) is 31.8 Å². The Morgan fingerprint density at radius 1 is 1.33 bits per heavy atom. The molecular weight excluding hydrogens is 364 g/mol. The Labute approximate surface area is 162 Å². The zero-order chi connectivity index (χ0) is 19.2. The Morgan fingerprint density at radius 2 is 2.11 bits per heavy atom. The molecule has 0 saturated carbocycles. The number of thiophene rings is 1. The number of anilines is 1. The summed E-state index contributed by atoms with van der Waals surface area (Å²) in [4.78, 5) is 30.6. The highest BCUT2D eigenvalue weighted by Crippen LogP contribution is 2.39. The number of amides is 1. The molecule has 0 radical (unpaired) electrons. The van der Waals surface area contributed by atoms with Crippen molar-refractivity contribution >= 4 is 34.4 Å². The Bertz CT molecular complexity index is 845. The van der Waals surface area contributed by atoms with Crippen LogP contribution < -0.4 is 5.32 Å². The predicted molar refractivity (Wildman–Crippen MR) is 105 cm³/mol. The standard InChI is InChI=1S/C20H22N2O4S/c1-13-8-9-15-16(10-13)27-19(18(15)20(24)25-2)22-17(23)12-26-21-11-14-6-4-3-5-7-14/h3-7,11,13H,8-10,12H2,1-2H3,(H,22,23)/b21-11-/t13-/m1/s1. The van der Waals surface area contributed by atoms with E-state index in [0.717, 1.165) is 35.3 Å². The Kier molecular flexibility index (Phi) is 6.24. The molecule has 2 aromatic rings. The van der Waals surface area contributed by atoms with Gasteiger partial charge in [0, 0.05) is 4.88 Å². The molecular formula is C20H22N2O4S. The van der Waals surface area contributed by atoms with Crippen molar-refractivity contribution in [2.24, 2.45) is 11.1 Å². The summed E-state index contributed by atoms with van der Waals surface area (Å²) in [6.07, 6.45) is 4.31. The minimum Gasteiger partial charge on any atom is -0.465 e. The topological polar surface area (TPSA) is 77.0 Å². The van der Waals surface area contributed by atoms with Gasteiger partial charge in [0.2, 0.25) is 0 Å². The Balaban J connectivity index is 1.65. The molecule has 1 aliphatic carbocycles. The third kappa shape index (κ3) is 4.74. The fourth-order valence-corrected chi connectivity index (χ4v) is 4.47. The highest BCUT2D eigenvalue weighted by Gasteiger charge is 2.28. The summed E-state index contributed by atoms with van der Waals surface area (Å²) in [5, 5.41) is 7.10. The van der Waals surface area contributed by atoms with E-state index < -0.39 is 5.97 Å². The van der Waals surface area contributed by atoms with Crippen molar-refractivity contribution in [3.05, 3.63) is 51.9 Å². The molecule has 1 aromatic heterocycles. The van der Waals surface area contributed by atoms with Crippen LogP contribution in [0.1, 0.15) is 39.7 Å². The number of fused-ring (bicyclic) bond motifs is 1. The van der Waals surface area contributed by atoms with Crippen molar-refractivity contribution in [1.82, 2.24) is 0 Å². The van der Waals surface area contributed by atoms with Crippen molar-refractivity contribution < 1.29 is 19.2 Å². The molecule has 0 aliphatic heterocycles. The van der Waals surface area contributed by atoms with E-state index in [0.29, 0.717) is 16.5 Å². The lowest BCUT2D eigenvalue weighted by Gasteiger charge is -2.18. The number of rotatable bonds is 6. The zero-order valence-electron chi connectivity index (χ0n) is 15.4. The number of nitrogens with zero attached hydrogens (tertiary/aromatic N) is 1. The fraction of sp³-hybridized carbons (Fsp3) is 0.350. The number of carbonyl (C=O) groups is 2. The van der Waals surface area contributed by atoms with E-state index in [-0.39, 0.29) is 12.5 Å². The third-order valence-electron chi connectivity index (χ3n) is 4.43. The third-order valence-corrected chi connectivity index (χ3v) is 5.60. The maximum absolute atomic E-state index is 12.2. The van der Waals surface area contributed by atoms with Crippen LogP contribution in [0.5, 0.6) is 0 Å². The van der Waals surface area contributed by atoms with E-state index >= 15 is 0 Å². The number of benzene rings is 1. The summed E-state index contributed by atoms with van der Waals surface area (Å²) in [7, 11) is 1.35. The van der Waals surface area contributed by atoms with Crippen LogP contribution >= 0.6 is 11.3 Å². The minimum absolute atomic E-state index is 0.233. The molecule has 6 nitrogen and oxygen atoms in total. The van der Waals surface area contributed by atoms with E-state index in [9.17, 15) is 9.59 Å². The number of oxime groups is 1. The first-order valence-corrected chi connectivity index (χ1v) is 9.63. The van der Waals surface area contributed by atoms with Gasteiger partial charge in [-0.05, 0) is 36.3 Å². The lowest BCUT2D eigenvalue weighted by Crippen LogP contribution is -2.19. The number of ether oxygens (including phenoxy) is 1. The normalized spacial score (nSPS) is 16.0. The lowest BCUT2D eigenvalue weighted by molar-refractivity contribution is -0.120. The molecule has 1 aliphatic rings. The Morgan fingerprint density at radius 3 is 2.85 bits per heavy atom. The first kappa shape index (κ1) is 19.1. The molecule has 0 unspecified atom stereocenters. The summed E-state index contributed by atoms with van der Waals surface area (Å²) in [5.74, 6) is -0.210. The van der Waals surface area contributed by atoms with Crippen LogP contribution in [0.15, 0.2) is 35.5 Å². The number of methoxy groups -OCH3 is 1. The minimum atomic E-state index is -0.416. The van der Waals surface area contributed by atoms with Gasteiger partial charge in [-0.25, -0.2) is 4.79 Å². The van der Waals surface area contributed by atoms with E-state index in [1.54, 1.807) is 6.21 Å². The average molecular weight is 386 g/mol. The van der Waals surface area contributed by atoms with Gasteiger partial charge in [0.05, 0.1) is 18.9 Å². The van der Waals surface area contributed by atoms with E-state index in [1.807, 2.05) is 30.3 Å². The number of nitrogens with one attached hydrogen (secondary N) is 1. The molecule has 142 valence electrons. The summed E-state index contributed by atoms with van der Waals surface area (Å²) in [6.45, 7) is 1.96. The molecule has 1 atom stereocenters. The lowest BCUT2D eigenvalue weighted by atomic mass is 9.88. The fourth-order valence-electron chi connectivity index (χ4n) is 3.05. The monoisotopic (exact) mass is 386 g/mol. The SMILES string of the molecule is COC(=O)c1c(NC(=O)CO/N=C\c2ccccc2)sc2c1CC[C@@H](C)C2. The largest absolute Gasteiger partial charge is 0.465 e. The first-order chi connectivity index (χ1) is 13.1. The van der Waals surface area contributed by atoms with Gasteiger partial charge in [-0.2, -0.15) is 0 Å². The van der Waals surface area contributed by atoms with E-state index in [2.05, 4.69) is 17.4 Å². The van der Waals surface area contributed by atoms with Crippen LogP contribution in [0.2, 0.25) is 0 Å². The number of hydrogen-bond acceptors (Lipinski definition) is 6. The highest BCUT2D eigenvalue weighted by molar-refractivity contribution is 7.17. The van der Waals surface area contributed by atoms with Gasteiger partial charge in [-0.3, -0.25) is 4.79 Å². The molecule has 0 bridgehead atoms. The predicted octanol–water partition coefficient (Wildman–Crippen LogP) is 3.65. The van der Waals surface area contributed by atoms with Crippen molar-refractivity contribution in [3.63, 3.8) is 0 Å². The molecule has 0 saturated heterocycles. The van der Waals surface area contributed by atoms with Crippen LogP contribution in [0.25, 0.3) is 0 Å². The average Bonchev–Trinajstić information content (AvgIpc) is 3.02. The van der Waals surface area contributed by atoms with Gasteiger partial charge >= 0.3 is 5.97 Å². The molecule has 1 amide bonds. The molecule has 0 fully saturated rings.